The Morgan fingerprint density at radius 1 is 1.40 bits per heavy atom. The van der Waals surface area contributed by atoms with E-state index in [0.29, 0.717) is 19.6 Å². The lowest BCUT2D eigenvalue weighted by Gasteiger charge is -2.27. The van der Waals surface area contributed by atoms with Crippen LogP contribution in [0.25, 0.3) is 0 Å². The van der Waals surface area contributed by atoms with Crippen LogP contribution in [0.4, 0.5) is 4.79 Å². The van der Waals surface area contributed by atoms with Gasteiger partial charge in [-0.15, -0.1) is 6.58 Å². The Bertz CT molecular complexity index is 373. The van der Waals surface area contributed by atoms with E-state index in [1.165, 1.54) is 4.90 Å². The van der Waals surface area contributed by atoms with E-state index in [9.17, 15) is 9.59 Å². The number of carbonyl (C=O) groups is 2. The summed E-state index contributed by atoms with van der Waals surface area (Å²) in [7, 11) is 0. The van der Waals surface area contributed by atoms with Crippen molar-refractivity contribution in [3.8, 4) is 0 Å². The third kappa shape index (κ3) is 4.54. The standard InChI is InChI=1S/C15H25NO4/c1-6-8-11-9-12(13(17)19-7-2)16(10-11)14(18)20-15(3,4)5/h6,11-12H,1,7-10H2,2-5H3/t11?,12-/m0/s1. The first-order valence-electron chi connectivity index (χ1n) is 7.05. The van der Waals surface area contributed by atoms with E-state index in [1.54, 1.807) is 6.92 Å². The van der Waals surface area contributed by atoms with E-state index in [-0.39, 0.29) is 11.9 Å². The van der Waals surface area contributed by atoms with Crippen molar-refractivity contribution in [2.45, 2.75) is 52.2 Å². The van der Waals surface area contributed by atoms with Gasteiger partial charge in [-0.05, 0) is 46.5 Å². The molecule has 0 bridgehead atoms. The van der Waals surface area contributed by atoms with Crippen LogP contribution in [0.3, 0.4) is 0 Å². The molecule has 20 heavy (non-hydrogen) atoms. The molecule has 0 aromatic carbocycles. The van der Waals surface area contributed by atoms with Gasteiger partial charge in [0.1, 0.15) is 11.6 Å². The third-order valence-corrected chi connectivity index (χ3v) is 3.07. The second-order valence-electron chi connectivity index (χ2n) is 6.03. The molecule has 2 atom stereocenters. The first kappa shape index (κ1) is 16.5. The lowest BCUT2D eigenvalue weighted by atomic mass is 10.0. The molecule has 1 aliphatic rings. The van der Waals surface area contributed by atoms with Crippen LogP contribution in [0, 0.1) is 5.92 Å². The zero-order chi connectivity index (χ0) is 15.3. The van der Waals surface area contributed by atoms with Gasteiger partial charge in [0.25, 0.3) is 0 Å². The molecule has 1 saturated heterocycles. The van der Waals surface area contributed by atoms with E-state index in [0.717, 1.165) is 6.42 Å². The number of nitrogens with zero attached hydrogens (tertiary/aromatic N) is 1. The van der Waals surface area contributed by atoms with Crippen molar-refractivity contribution in [3.05, 3.63) is 12.7 Å². The van der Waals surface area contributed by atoms with E-state index in [1.807, 2.05) is 26.8 Å². The minimum atomic E-state index is -0.577. The molecule has 0 aromatic rings. The maximum atomic E-state index is 12.2. The van der Waals surface area contributed by atoms with Crippen molar-refractivity contribution in [1.82, 2.24) is 4.90 Å². The molecule has 0 N–H and O–H groups in total. The number of hydrogen-bond acceptors (Lipinski definition) is 4. The zero-order valence-corrected chi connectivity index (χ0v) is 12.8. The summed E-state index contributed by atoms with van der Waals surface area (Å²) >= 11 is 0. The number of hydrogen-bond donors (Lipinski definition) is 0. The average molecular weight is 283 g/mol. The highest BCUT2D eigenvalue weighted by molar-refractivity contribution is 5.82. The van der Waals surface area contributed by atoms with Crippen molar-refractivity contribution in [1.29, 1.82) is 0 Å². The number of ether oxygens (including phenoxy) is 2. The van der Waals surface area contributed by atoms with Crippen LogP contribution in [-0.2, 0) is 14.3 Å². The molecule has 0 aromatic heterocycles. The molecule has 1 heterocycles. The van der Waals surface area contributed by atoms with Gasteiger partial charge in [-0.3, -0.25) is 4.90 Å². The third-order valence-electron chi connectivity index (χ3n) is 3.07. The highest BCUT2D eigenvalue weighted by Gasteiger charge is 2.41. The number of allylic oxidation sites excluding steroid dienone is 1. The Hall–Kier alpha value is -1.52. The summed E-state index contributed by atoms with van der Waals surface area (Å²) in [5, 5.41) is 0. The van der Waals surface area contributed by atoms with Crippen molar-refractivity contribution >= 4 is 12.1 Å². The lowest BCUT2D eigenvalue weighted by Crippen LogP contribution is -2.44. The Labute approximate surface area is 120 Å². The lowest BCUT2D eigenvalue weighted by molar-refractivity contribution is -0.148. The minimum Gasteiger partial charge on any atom is -0.464 e. The molecule has 1 amide bonds. The fourth-order valence-corrected chi connectivity index (χ4v) is 2.31. The Kier molecular flexibility index (Phi) is 5.60. The number of rotatable bonds is 4. The topological polar surface area (TPSA) is 55.8 Å². The maximum absolute atomic E-state index is 12.2. The van der Waals surface area contributed by atoms with Gasteiger partial charge < -0.3 is 9.47 Å². The van der Waals surface area contributed by atoms with Gasteiger partial charge in [-0.1, -0.05) is 6.08 Å². The van der Waals surface area contributed by atoms with Crippen LogP contribution < -0.4 is 0 Å². The van der Waals surface area contributed by atoms with Crippen LogP contribution in [0.15, 0.2) is 12.7 Å². The van der Waals surface area contributed by atoms with E-state index in [2.05, 4.69) is 6.58 Å². The predicted octanol–water partition coefficient (Wildman–Crippen LogP) is 2.75. The second kappa shape index (κ2) is 6.77. The molecule has 5 heteroatoms. The summed E-state index contributed by atoms with van der Waals surface area (Å²) in [6.45, 7) is 11.7. The minimum absolute atomic E-state index is 0.231. The molecular formula is C15H25NO4. The Morgan fingerprint density at radius 2 is 2.05 bits per heavy atom. The van der Waals surface area contributed by atoms with E-state index in [4.69, 9.17) is 9.47 Å². The SMILES string of the molecule is C=CCC1C[C@@H](C(=O)OCC)N(C(=O)OC(C)(C)C)C1. The molecule has 114 valence electrons. The van der Waals surface area contributed by atoms with Gasteiger partial charge >= 0.3 is 12.1 Å². The van der Waals surface area contributed by atoms with Crippen molar-refractivity contribution in [3.63, 3.8) is 0 Å². The van der Waals surface area contributed by atoms with Gasteiger partial charge in [-0.2, -0.15) is 0 Å². The molecular weight excluding hydrogens is 258 g/mol. The molecule has 1 rings (SSSR count). The molecule has 0 spiro atoms. The van der Waals surface area contributed by atoms with Gasteiger partial charge in [0.15, 0.2) is 0 Å². The molecule has 0 radical (unpaired) electrons. The monoisotopic (exact) mass is 283 g/mol. The molecule has 1 unspecified atom stereocenters. The fraction of sp³-hybridized carbons (Fsp3) is 0.733. The first-order chi connectivity index (χ1) is 9.28. The van der Waals surface area contributed by atoms with E-state index < -0.39 is 17.7 Å². The Morgan fingerprint density at radius 3 is 2.55 bits per heavy atom. The molecule has 0 saturated carbocycles. The summed E-state index contributed by atoms with van der Waals surface area (Å²) in [5.74, 6) is -0.126. The molecule has 1 fully saturated rings. The summed E-state index contributed by atoms with van der Waals surface area (Å²) in [5.41, 5.74) is -0.577. The van der Waals surface area contributed by atoms with Crippen molar-refractivity contribution in [2.24, 2.45) is 5.92 Å². The number of carbonyl (C=O) groups excluding carboxylic acids is 2. The number of esters is 1. The summed E-state index contributed by atoms with van der Waals surface area (Å²) in [4.78, 5) is 25.7. The Balaban J connectivity index is 2.79. The predicted molar refractivity (Wildman–Crippen MR) is 76.3 cm³/mol. The second-order valence-corrected chi connectivity index (χ2v) is 6.03. The number of likely N-dealkylation sites (tertiary alicyclic amines) is 1. The van der Waals surface area contributed by atoms with Crippen LogP contribution in [0.1, 0.15) is 40.5 Å². The number of amides is 1. The van der Waals surface area contributed by atoms with Gasteiger partial charge in [0, 0.05) is 6.54 Å². The summed E-state index contributed by atoms with van der Waals surface area (Å²) in [6.07, 6.45) is 2.73. The normalized spacial score (nSPS) is 22.5. The van der Waals surface area contributed by atoms with Crippen LogP contribution in [0.5, 0.6) is 0 Å². The smallest absolute Gasteiger partial charge is 0.411 e. The maximum Gasteiger partial charge on any atom is 0.411 e. The molecule has 1 aliphatic heterocycles. The summed E-state index contributed by atoms with van der Waals surface area (Å²) < 4.78 is 10.4. The molecule has 0 aliphatic carbocycles. The first-order valence-corrected chi connectivity index (χ1v) is 7.05. The van der Waals surface area contributed by atoms with Crippen molar-refractivity contribution < 1.29 is 19.1 Å². The quantitative estimate of drug-likeness (QED) is 0.588. The van der Waals surface area contributed by atoms with Crippen LogP contribution in [-0.4, -0.2) is 41.8 Å². The molecule has 5 nitrogen and oxygen atoms in total. The summed E-state index contributed by atoms with van der Waals surface area (Å²) in [6, 6.07) is -0.547. The fourth-order valence-electron chi connectivity index (χ4n) is 2.31. The van der Waals surface area contributed by atoms with Crippen LogP contribution in [0.2, 0.25) is 0 Å². The highest BCUT2D eigenvalue weighted by atomic mass is 16.6. The highest BCUT2D eigenvalue weighted by Crippen LogP contribution is 2.28. The zero-order valence-electron chi connectivity index (χ0n) is 12.8. The largest absolute Gasteiger partial charge is 0.464 e. The van der Waals surface area contributed by atoms with Gasteiger partial charge in [-0.25, -0.2) is 9.59 Å². The average Bonchev–Trinajstić information content (AvgIpc) is 2.72. The van der Waals surface area contributed by atoms with Gasteiger partial charge in [0.05, 0.1) is 6.61 Å². The van der Waals surface area contributed by atoms with Gasteiger partial charge in [0.2, 0.25) is 0 Å². The van der Waals surface area contributed by atoms with Crippen LogP contribution >= 0.6 is 0 Å². The van der Waals surface area contributed by atoms with Crippen molar-refractivity contribution in [2.75, 3.05) is 13.2 Å². The van der Waals surface area contributed by atoms with E-state index >= 15 is 0 Å².